The van der Waals surface area contributed by atoms with Crippen LogP contribution in [0.3, 0.4) is 0 Å². The molecule has 2 aliphatic heterocycles. The second-order valence-electron chi connectivity index (χ2n) is 8.86. The van der Waals surface area contributed by atoms with Gasteiger partial charge in [0, 0.05) is 18.9 Å². The van der Waals surface area contributed by atoms with E-state index in [9.17, 15) is 22.4 Å². The molecule has 5 nitrogen and oxygen atoms in total. The SMILES string of the molecule is Cc1ccc(F)c(N2CCCC(Oc3ccc(N4N=C(C(F)(F)F)C(C)[C@@H]4CC=O)cc3)C2)c1. The molecule has 0 saturated carbocycles. The molecular weight excluding hydrogens is 450 g/mol. The third-order valence-corrected chi connectivity index (χ3v) is 6.39. The zero-order valence-corrected chi connectivity index (χ0v) is 19.1. The van der Waals surface area contributed by atoms with E-state index in [-0.39, 0.29) is 18.3 Å². The molecule has 1 fully saturated rings. The Balaban J connectivity index is 1.47. The summed E-state index contributed by atoms with van der Waals surface area (Å²) < 4.78 is 60.5. The number of halogens is 4. The molecule has 0 aliphatic carbocycles. The van der Waals surface area contributed by atoms with Gasteiger partial charge in [-0.15, -0.1) is 0 Å². The van der Waals surface area contributed by atoms with Gasteiger partial charge < -0.3 is 14.4 Å². The van der Waals surface area contributed by atoms with Crippen LogP contribution in [0.5, 0.6) is 5.75 Å². The van der Waals surface area contributed by atoms with E-state index in [1.807, 2.05) is 17.9 Å². The highest BCUT2D eigenvalue weighted by atomic mass is 19.4. The minimum Gasteiger partial charge on any atom is -0.489 e. The number of alkyl halides is 3. The van der Waals surface area contributed by atoms with Crippen LogP contribution in [0.2, 0.25) is 0 Å². The predicted octanol–water partition coefficient (Wildman–Crippen LogP) is 5.51. The van der Waals surface area contributed by atoms with Crippen molar-refractivity contribution in [2.45, 2.75) is 51.4 Å². The summed E-state index contributed by atoms with van der Waals surface area (Å²) in [5, 5.41) is 5.07. The molecule has 0 radical (unpaired) electrons. The van der Waals surface area contributed by atoms with Gasteiger partial charge in [0.25, 0.3) is 0 Å². The number of benzene rings is 2. The number of piperidine rings is 1. The predicted molar refractivity (Wildman–Crippen MR) is 123 cm³/mol. The zero-order chi connectivity index (χ0) is 24.5. The molecule has 2 aromatic rings. The Hall–Kier alpha value is -3.10. The topological polar surface area (TPSA) is 45.1 Å². The van der Waals surface area contributed by atoms with Crippen LogP contribution >= 0.6 is 0 Å². The van der Waals surface area contributed by atoms with Gasteiger partial charge >= 0.3 is 6.18 Å². The molecule has 0 spiro atoms. The molecule has 182 valence electrons. The monoisotopic (exact) mass is 477 g/mol. The van der Waals surface area contributed by atoms with Gasteiger partial charge in [0.05, 0.1) is 24.0 Å². The fourth-order valence-electron chi connectivity index (χ4n) is 4.63. The first kappa shape index (κ1) is 24.0. The van der Waals surface area contributed by atoms with Gasteiger partial charge in [-0.05, 0) is 61.7 Å². The van der Waals surface area contributed by atoms with Crippen LogP contribution in [0.15, 0.2) is 47.6 Å². The van der Waals surface area contributed by atoms with Crippen LogP contribution in [0.25, 0.3) is 0 Å². The van der Waals surface area contributed by atoms with E-state index in [0.717, 1.165) is 24.9 Å². The molecule has 3 atom stereocenters. The van der Waals surface area contributed by atoms with Gasteiger partial charge in [0.1, 0.15) is 29.7 Å². The maximum absolute atomic E-state index is 14.3. The largest absolute Gasteiger partial charge is 0.489 e. The zero-order valence-electron chi connectivity index (χ0n) is 19.1. The molecule has 2 aliphatic rings. The normalized spacial score (nSPS) is 23.1. The van der Waals surface area contributed by atoms with Crippen molar-refractivity contribution < 1.29 is 27.1 Å². The van der Waals surface area contributed by atoms with Gasteiger partial charge in [-0.1, -0.05) is 13.0 Å². The Morgan fingerprint density at radius 1 is 1.18 bits per heavy atom. The van der Waals surface area contributed by atoms with E-state index in [0.29, 0.717) is 30.0 Å². The molecule has 4 rings (SSSR count). The molecule has 0 bridgehead atoms. The fourth-order valence-corrected chi connectivity index (χ4v) is 4.63. The molecule has 1 saturated heterocycles. The molecular formula is C25H27F4N3O2. The maximum atomic E-state index is 14.3. The Kier molecular flexibility index (Phi) is 6.81. The number of anilines is 2. The molecule has 34 heavy (non-hydrogen) atoms. The summed E-state index contributed by atoms with van der Waals surface area (Å²) in [6.07, 6.45) is -2.48. The van der Waals surface area contributed by atoms with Crippen LogP contribution in [-0.2, 0) is 4.79 Å². The highest BCUT2D eigenvalue weighted by Gasteiger charge is 2.48. The van der Waals surface area contributed by atoms with Crippen molar-refractivity contribution in [2.75, 3.05) is 23.0 Å². The maximum Gasteiger partial charge on any atom is 0.431 e. The van der Waals surface area contributed by atoms with Crippen LogP contribution in [0, 0.1) is 18.7 Å². The van der Waals surface area contributed by atoms with E-state index >= 15 is 0 Å². The summed E-state index contributed by atoms with van der Waals surface area (Å²) in [4.78, 5) is 13.1. The number of aldehydes is 1. The van der Waals surface area contributed by atoms with Crippen molar-refractivity contribution in [3.05, 3.63) is 53.8 Å². The van der Waals surface area contributed by atoms with Crippen molar-refractivity contribution >= 4 is 23.4 Å². The van der Waals surface area contributed by atoms with Gasteiger partial charge in [0.2, 0.25) is 0 Å². The van der Waals surface area contributed by atoms with Gasteiger partial charge in [-0.2, -0.15) is 18.3 Å². The van der Waals surface area contributed by atoms with Crippen LogP contribution in [0.4, 0.5) is 28.9 Å². The van der Waals surface area contributed by atoms with Crippen LogP contribution in [-0.4, -0.2) is 43.4 Å². The van der Waals surface area contributed by atoms with Gasteiger partial charge in [-0.3, -0.25) is 5.01 Å². The van der Waals surface area contributed by atoms with E-state index < -0.39 is 23.8 Å². The first-order valence-electron chi connectivity index (χ1n) is 11.3. The lowest BCUT2D eigenvalue weighted by Crippen LogP contribution is -2.41. The number of ether oxygens (including phenoxy) is 1. The van der Waals surface area contributed by atoms with Crippen molar-refractivity contribution in [1.29, 1.82) is 0 Å². The molecule has 0 aromatic heterocycles. The van der Waals surface area contributed by atoms with Gasteiger partial charge in [0.15, 0.2) is 0 Å². The molecule has 2 heterocycles. The average molecular weight is 478 g/mol. The number of aryl methyl sites for hydroxylation is 1. The average Bonchev–Trinajstić information content (AvgIpc) is 3.13. The number of carbonyl (C=O) groups excluding carboxylic acids is 1. The standard InChI is InChI=1S/C25H27F4N3O2/c1-16-5-10-21(26)23(14-16)31-12-3-4-20(15-31)34-19-8-6-18(7-9-19)32-22(11-13-33)17(2)24(30-32)25(27,28)29/h5-10,13-14,17,20,22H,3-4,11-12,15H2,1-2H3/t17?,20?,22-/m0/s1. The summed E-state index contributed by atoms with van der Waals surface area (Å²) in [7, 11) is 0. The summed E-state index contributed by atoms with van der Waals surface area (Å²) >= 11 is 0. The minimum absolute atomic E-state index is 0.0596. The quantitative estimate of drug-likeness (QED) is 0.406. The number of hydrazone groups is 1. The lowest BCUT2D eigenvalue weighted by Gasteiger charge is -2.35. The van der Waals surface area contributed by atoms with E-state index in [1.165, 1.54) is 18.0 Å². The summed E-state index contributed by atoms with van der Waals surface area (Å²) in [6, 6.07) is 11.0. The molecule has 0 amide bonds. The summed E-state index contributed by atoms with van der Waals surface area (Å²) in [6.45, 7) is 4.63. The Bertz CT molecular complexity index is 1060. The number of nitrogens with zero attached hydrogens (tertiary/aromatic N) is 3. The lowest BCUT2D eigenvalue weighted by molar-refractivity contribution is -0.108. The molecule has 0 N–H and O–H groups in total. The number of hydrogen-bond donors (Lipinski definition) is 0. The third kappa shape index (κ3) is 5.03. The van der Waals surface area contributed by atoms with Crippen LogP contribution in [0.1, 0.15) is 31.7 Å². The Morgan fingerprint density at radius 3 is 2.59 bits per heavy atom. The first-order chi connectivity index (χ1) is 16.2. The number of carbonyl (C=O) groups is 1. The second kappa shape index (κ2) is 9.64. The summed E-state index contributed by atoms with van der Waals surface area (Å²) in [5.41, 5.74) is 1.12. The van der Waals surface area contributed by atoms with Crippen molar-refractivity contribution in [3.63, 3.8) is 0 Å². The Morgan fingerprint density at radius 2 is 1.91 bits per heavy atom. The highest BCUT2D eigenvalue weighted by molar-refractivity contribution is 5.95. The lowest BCUT2D eigenvalue weighted by atomic mass is 9.95. The van der Waals surface area contributed by atoms with Crippen molar-refractivity contribution in [1.82, 2.24) is 0 Å². The van der Waals surface area contributed by atoms with E-state index in [4.69, 9.17) is 4.74 Å². The molecule has 9 heteroatoms. The minimum atomic E-state index is -4.55. The fraction of sp³-hybridized carbons (Fsp3) is 0.440. The third-order valence-electron chi connectivity index (χ3n) is 6.39. The Labute approximate surface area is 196 Å². The van der Waals surface area contributed by atoms with E-state index in [2.05, 4.69) is 5.10 Å². The second-order valence-corrected chi connectivity index (χ2v) is 8.86. The number of rotatable bonds is 6. The summed E-state index contributed by atoms with van der Waals surface area (Å²) in [5.74, 6) is -0.616. The molecule has 2 aromatic carbocycles. The van der Waals surface area contributed by atoms with Crippen molar-refractivity contribution in [2.24, 2.45) is 11.0 Å². The smallest absolute Gasteiger partial charge is 0.431 e. The van der Waals surface area contributed by atoms with Crippen molar-refractivity contribution in [3.8, 4) is 5.75 Å². The number of hydrogen-bond acceptors (Lipinski definition) is 5. The highest BCUT2D eigenvalue weighted by Crippen LogP contribution is 2.36. The van der Waals surface area contributed by atoms with E-state index in [1.54, 1.807) is 30.3 Å². The molecule has 2 unspecified atom stereocenters. The van der Waals surface area contributed by atoms with Crippen LogP contribution < -0.4 is 14.6 Å². The van der Waals surface area contributed by atoms with Gasteiger partial charge in [-0.25, -0.2) is 4.39 Å². The first-order valence-corrected chi connectivity index (χ1v) is 11.3.